The van der Waals surface area contributed by atoms with Crippen LogP contribution in [0.1, 0.15) is 19.3 Å². The monoisotopic (exact) mass is 238 g/mol. The van der Waals surface area contributed by atoms with E-state index in [1.54, 1.807) is 0 Å². The van der Waals surface area contributed by atoms with Crippen LogP contribution >= 0.6 is 0 Å². The lowest BCUT2D eigenvalue weighted by atomic mass is 9.94. The number of hydrogen-bond donors (Lipinski definition) is 1. The zero-order valence-electron chi connectivity index (χ0n) is 9.09. The van der Waals surface area contributed by atoms with E-state index in [1.807, 2.05) is 0 Å². The van der Waals surface area contributed by atoms with Crippen molar-refractivity contribution in [2.24, 2.45) is 0 Å². The van der Waals surface area contributed by atoms with Crippen molar-refractivity contribution >= 4 is 0 Å². The Bertz CT molecular complexity index is 219. The summed E-state index contributed by atoms with van der Waals surface area (Å²) in [5.41, 5.74) is -2.37. The van der Waals surface area contributed by atoms with Crippen molar-refractivity contribution in [1.82, 2.24) is 0 Å². The molecular weight excluding hydrogens is 221 g/mol. The maximum absolute atomic E-state index is 13.5. The minimum Gasteiger partial charge on any atom is -0.380 e. The average molecular weight is 238 g/mol. The molecule has 0 saturated carbocycles. The van der Waals surface area contributed by atoms with Gasteiger partial charge in [-0.25, -0.2) is 0 Å². The molecule has 94 valence electrons. The number of hydrogen-bond acceptors (Lipinski definition) is 2. The minimum atomic E-state index is -3.75. The summed E-state index contributed by atoms with van der Waals surface area (Å²) >= 11 is 0. The van der Waals surface area contributed by atoms with Crippen LogP contribution in [0.25, 0.3) is 0 Å². The predicted molar refractivity (Wildman–Crippen MR) is 56.1 cm³/mol. The van der Waals surface area contributed by atoms with Crippen molar-refractivity contribution in [3.05, 3.63) is 25.3 Å². The molecule has 0 rings (SSSR count). The normalized spacial score (nSPS) is 12.5. The Hall–Kier alpha value is -0.810. The maximum atomic E-state index is 13.5. The quantitative estimate of drug-likeness (QED) is 0.494. The molecule has 0 heterocycles. The van der Waals surface area contributed by atoms with E-state index in [0.29, 0.717) is 0 Å². The molecule has 0 aromatic rings. The zero-order valence-corrected chi connectivity index (χ0v) is 9.09. The lowest BCUT2D eigenvalue weighted by Gasteiger charge is -2.33. The van der Waals surface area contributed by atoms with Gasteiger partial charge in [0.15, 0.2) is 5.60 Å². The van der Waals surface area contributed by atoms with Gasteiger partial charge in [0.05, 0.1) is 13.3 Å². The van der Waals surface area contributed by atoms with Crippen LogP contribution in [-0.2, 0) is 4.74 Å². The zero-order chi connectivity index (χ0) is 12.7. The molecule has 0 radical (unpaired) electrons. The molecule has 0 unspecified atom stereocenters. The second-order valence-electron chi connectivity index (χ2n) is 3.42. The van der Waals surface area contributed by atoms with E-state index in [0.717, 1.165) is 0 Å². The van der Waals surface area contributed by atoms with E-state index in [9.17, 15) is 18.3 Å². The predicted octanol–water partition coefficient (Wildman–Crippen LogP) is 2.84. The Morgan fingerprint density at radius 2 is 1.69 bits per heavy atom. The average Bonchev–Trinajstić information content (AvgIpc) is 2.18. The Labute approximate surface area is 93.4 Å². The van der Waals surface area contributed by atoms with E-state index < -0.39 is 25.0 Å². The molecule has 1 N–H and O–H groups in total. The summed E-state index contributed by atoms with van der Waals surface area (Å²) in [7, 11) is 0. The summed E-state index contributed by atoms with van der Waals surface area (Å²) in [6, 6.07) is 0. The highest BCUT2D eigenvalue weighted by Gasteiger charge is 2.52. The van der Waals surface area contributed by atoms with Crippen molar-refractivity contribution in [1.29, 1.82) is 0 Å². The van der Waals surface area contributed by atoms with Gasteiger partial charge in [0.2, 0.25) is 0 Å². The minimum absolute atomic E-state index is 0.131. The summed E-state index contributed by atoms with van der Waals surface area (Å²) in [4.78, 5) is 0. The highest BCUT2D eigenvalue weighted by Crippen LogP contribution is 2.36. The van der Waals surface area contributed by atoms with E-state index in [1.165, 1.54) is 12.2 Å². The molecule has 0 atom stereocenters. The van der Waals surface area contributed by atoms with E-state index >= 15 is 0 Å². The Morgan fingerprint density at radius 1 is 1.19 bits per heavy atom. The fourth-order valence-corrected chi connectivity index (χ4v) is 1.19. The van der Waals surface area contributed by atoms with Gasteiger partial charge in [-0.1, -0.05) is 12.2 Å². The van der Waals surface area contributed by atoms with Crippen LogP contribution in [0.4, 0.5) is 13.2 Å². The Morgan fingerprint density at radius 3 is 2.06 bits per heavy atom. The van der Waals surface area contributed by atoms with Gasteiger partial charge >= 0.3 is 6.11 Å². The highest BCUT2D eigenvalue weighted by atomic mass is 19.3. The first-order valence-electron chi connectivity index (χ1n) is 4.95. The Balaban J connectivity index is 4.59. The van der Waals surface area contributed by atoms with Crippen LogP contribution in [0.5, 0.6) is 0 Å². The van der Waals surface area contributed by atoms with Crippen molar-refractivity contribution in [3.8, 4) is 0 Å². The van der Waals surface area contributed by atoms with Crippen LogP contribution in [0.2, 0.25) is 0 Å². The van der Waals surface area contributed by atoms with Crippen molar-refractivity contribution in [3.63, 3.8) is 0 Å². The van der Waals surface area contributed by atoms with E-state index in [2.05, 4.69) is 17.9 Å². The van der Waals surface area contributed by atoms with Crippen LogP contribution in [0.15, 0.2) is 25.3 Å². The van der Waals surface area contributed by atoms with Crippen LogP contribution < -0.4 is 0 Å². The molecule has 0 aromatic carbocycles. The topological polar surface area (TPSA) is 29.5 Å². The number of rotatable bonds is 9. The van der Waals surface area contributed by atoms with Crippen LogP contribution in [0, 0.1) is 0 Å². The number of halogens is 3. The SMILES string of the molecule is C=CCC(O)(CC=C)C(F)(F)OCCCF. The van der Waals surface area contributed by atoms with Crippen LogP contribution in [-0.4, -0.2) is 30.1 Å². The second kappa shape index (κ2) is 6.70. The van der Waals surface area contributed by atoms with Crippen molar-refractivity contribution in [2.75, 3.05) is 13.3 Å². The van der Waals surface area contributed by atoms with Gasteiger partial charge in [-0.05, 0) is 6.42 Å². The second-order valence-corrected chi connectivity index (χ2v) is 3.42. The molecule has 0 bridgehead atoms. The third-order valence-corrected chi connectivity index (χ3v) is 2.07. The lowest BCUT2D eigenvalue weighted by Crippen LogP contribution is -2.49. The fraction of sp³-hybridized carbons (Fsp3) is 0.636. The first-order valence-corrected chi connectivity index (χ1v) is 4.95. The molecule has 5 heteroatoms. The summed E-state index contributed by atoms with van der Waals surface area (Å²) < 4.78 is 42.9. The number of ether oxygens (including phenoxy) is 1. The van der Waals surface area contributed by atoms with E-state index in [-0.39, 0.29) is 19.3 Å². The van der Waals surface area contributed by atoms with E-state index in [4.69, 9.17) is 0 Å². The van der Waals surface area contributed by atoms with Gasteiger partial charge in [0.1, 0.15) is 0 Å². The first kappa shape index (κ1) is 15.2. The molecular formula is C11H17F3O2. The van der Waals surface area contributed by atoms with Crippen molar-refractivity contribution < 1.29 is 23.0 Å². The first-order chi connectivity index (χ1) is 7.43. The molecule has 0 saturated heterocycles. The van der Waals surface area contributed by atoms with Gasteiger partial charge in [0, 0.05) is 12.8 Å². The maximum Gasteiger partial charge on any atom is 0.384 e. The van der Waals surface area contributed by atoms with Gasteiger partial charge in [-0.2, -0.15) is 8.78 Å². The van der Waals surface area contributed by atoms with Gasteiger partial charge in [-0.15, -0.1) is 13.2 Å². The largest absolute Gasteiger partial charge is 0.384 e. The summed E-state index contributed by atoms with van der Waals surface area (Å²) in [6.07, 6.45) is -2.19. The lowest BCUT2D eigenvalue weighted by molar-refractivity contribution is -0.328. The molecule has 0 amide bonds. The van der Waals surface area contributed by atoms with Crippen LogP contribution in [0.3, 0.4) is 0 Å². The number of alkyl halides is 3. The fourth-order valence-electron chi connectivity index (χ4n) is 1.19. The van der Waals surface area contributed by atoms with Crippen molar-refractivity contribution in [2.45, 2.75) is 31.0 Å². The Kier molecular flexibility index (Phi) is 6.36. The molecule has 0 aliphatic carbocycles. The molecule has 2 nitrogen and oxygen atoms in total. The summed E-state index contributed by atoms with van der Waals surface area (Å²) in [5, 5.41) is 9.73. The van der Waals surface area contributed by atoms with Gasteiger partial charge < -0.3 is 9.84 Å². The molecule has 0 spiro atoms. The number of aliphatic hydroxyl groups is 1. The molecule has 0 aliphatic rings. The molecule has 0 fully saturated rings. The third-order valence-electron chi connectivity index (χ3n) is 2.07. The highest BCUT2D eigenvalue weighted by molar-refractivity contribution is 4.97. The molecule has 0 aromatic heterocycles. The summed E-state index contributed by atoms with van der Waals surface area (Å²) in [6.45, 7) is 5.41. The summed E-state index contributed by atoms with van der Waals surface area (Å²) in [5.74, 6) is 0. The van der Waals surface area contributed by atoms with Gasteiger partial charge in [0.25, 0.3) is 0 Å². The molecule has 16 heavy (non-hydrogen) atoms. The standard InChI is InChI=1S/C11H17F3O2/c1-3-6-10(15,7-4-2)11(13,14)16-9-5-8-12/h3-4,15H,1-2,5-9H2. The van der Waals surface area contributed by atoms with Gasteiger partial charge in [-0.3, -0.25) is 4.39 Å². The smallest absolute Gasteiger partial charge is 0.380 e. The third kappa shape index (κ3) is 3.98. The molecule has 0 aliphatic heterocycles.